The van der Waals surface area contributed by atoms with Gasteiger partial charge in [0.05, 0.1) is 111 Å². The minimum Gasteiger partial charge on any atom is -0.507 e. The van der Waals surface area contributed by atoms with Gasteiger partial charge in [-0.15, -0.1) is 0 Å². The minimum atomic E-state index is -0.768. The molecule has 754 valence electrons. The molecule has 0 amide bonds. The van der Waals surface area contributed by atoms with Crippen molar-refractivity contribution in [3.63, 3.8) is 0 Å². The molecule has 0 fully saturated rings. The molecule has 6 heterocycles. The molecule has 0 bridgehead atoms. The van der Waals surface area contributed by atoms with Crippen LogP contribution in [0.25, 0.3) is 109 Å². The standard InChI is InChI=1S/C46H46O14.C35H36O10.C30H24O10/c1-21-23(3)59-37-15-33-39(35(19-57-27(7)51)43(37)45(21)53)29(9-11-55-25(5)49)13-31(17-47)41(33)42-32(18-48)14-30(10-12-56-26(6)50)40-34(42)16-38-44(36(40)20-58-28(8)52)46(54)22(2)24(4)60-38;1-14-16(3)44-24-10-18-26(34(42-8)30(24)32(14)37)20(36)12-21(39-5)27(18)28-19-11-25-31(33(38)15(2)17(4)45-25)35(43-9)29(19)23(41-7)13-22(28)40-6;1-9-11(3)39-19-5-13-21(15(31)7-17(33)23(13)29(37)25(19)27(9)35)22-14-6-20-26(28(36)10(2)12(4)40-20)30(38)24(14)18(34)8-16(22)32/h13-18,21-24H,9-12,19-20H2,1-8H3;10-17,36H,1-9H3;5-9,11,31,33-34,36-38H,1-4H3. The van der Waals surface area contributed by atoms with Crippen molar-refractivity contribution in [2.24, 2.45) is 29.6 Å². The van der Waals surface area contributed by atoms with Gasteiger partial charge in [-0.25, -0.2) is 0 Å². The molecule has 18 rings (SSSR count). The number of carbonyl (C=O) groups is 11. The number of Topliss-reactive ketones (excluding diaryl/α,β-unsaturated/α-hetero) is 5. The number of phenolic OH excluding ortho intramolecular Hbond substituents is 6. The zero-order valence-corrected chi connectivity index (χ0v) is 83.3. The van der Waals surface area contributed by atoms with Gasteiger partial charge in [-0.05, 0) is 130 Å². The van der Waals surface area contributed by atoms with E-state index in [1.54, 1.807) is 105 Å². The van der Waals surface area contributed by atoms with Crippen LogP contribution in [0.5, 0.6) is 97.7 Å². The smallest absolute Gasteiger partial charge is 0.302 e. The zero-order valence-electron chi connectivity index (χ0n) is 83.3. The van der Waals surface area contributed by atoms with Gasteiger partial charge in [-0.3, -0.25) is 57.5 Å². The number of hydrogen-bond donors (Lipinski definition) is 7. The summed E-state index contributed by atoms with van der Waals surface area (Å²) < 4.78 is 88.1. The van der Waals surface area contributed by atoms with Gasteiger partial charge < -0.3 is 106 Å². The largest absolute Gasteiger partial charge is 0.507 e. The number of hydrogen-bond acceptors (Lipinski definition) is 34. The third-order valence-corrected chi connectivity index (χ3v) is 28.4. The van der Waals surface area contributed by atoms with Crippen LogP contribution in [0.15, 0.2) is 82.0 Å². The Bertz CT molecular complexity index is 7730. The molecule has 10 unspecified atom stereocenters. The van der Waals surface area contributed by atoms with Crippen molar-refractivity contribution in [1.82, 2.24) is 0 Å². The predicted molar refractivity (Wildman–Crippen MR) is 531 cm³/mol. The first-order valence-corrected chi connectivity index (χ1v) is 46.8. The normalized spacial score (nSPS) is 18.6. The molecule has 13 aromatic rings. The highest BCUT2D eigenvalue weighted by atomic mass is 16.6. The van der Waals surface area contributed by atoms with E-state index in [-0.39, 0.29) is 214 Å². The molecule has 0 spiro atoms. The third-order valence-electron chi connectivity index (χ3n) is 28.4. The number of ketones is 5. The lowest BCUT2D eigenvalue weighted by Crippen LogP contribution is -2.34. The monoisotopic (exact) mass is 1980 g/mol. The molecule has 34 nitrogen and oxygen atoms in total. The summed E-state index contributed by atoms with van der Waals surface area (Å²) >= 11 is 0. The molecular formula is C111H106O34. The van der Waals surface area contributed by atoms with Crippen molar-refractivity contribution in [3.8, 4) is 131 Å². The lowest BCUT2D eigenvalue weighted by molar-refractivity contribution is -0.143. The predicted octanol–water partition coefficient (Wildman–Crippen LogP) is 18.6. The van der Waals surface area contributed by atoms with Gasteiger partial charge in [-0.2, -0.15) is 0 Å². The van der Waals surface area contributed by atoms with Crippen molar-refractivity contribution >= 4 is 141 Å². The molecule has 10 atom stereocenters. The summed E-state index contributed by atoms with van der Waals surface area (Å²) in [6.07, 6.45) is -1.06. The van der Waals surface area contributed by atoms with E-state index >= 15 is 0 Å². The van der Waals surface area contributed by atoms with E-state index in [4.69, 9.17) is 70.7 Å². The lowest BCUT2D eigenvalue weighted by atomic mass is 9.78. The summed E-state index contributed by atoms with van der Waals surface area (Å²) in [6, 6.07) is 17.6. The molecule has 5 aliphatic heterocycles. The minimum absolute atomic E-state index is 0.00158. The molecule has 0 aliphatic carbocycles. The summed E-state index contributed by atoms with van der Waals surface area (Å²) in [4.78, 5) is 157. The van der Waals surface area contributed by atoms with Crippen LogP contribution in [0.2, 0.25) is 0 Å². The van der Waals surface area contributed by atoms with Crippen LogP contribution in [-0.2, 0) is 64.2 Å². The number of aldehydes is 2. The second-order valence-corrected chi connectivity index (χ2v) is 36.9. The Kier molecular flexibility index (Phi) is 27.4. The Morgan fingerprint density at radius 1 is 0.324 bits per heavy atom. The molecule has 5 aliphatic rings. The summed E-state index contributed by atoms with van der Waals surface area (Å²) in [5, 5.41) is 79.8. The van der Waals surface area contributed by atoms with Gasteiger partial charge in [0, 0.05) is 148 Å². The summed E-state index contributed by atoms with van der Waals surface area (Å²) in [5.41, 5.74) is 3.29. The fourth-order valence-electron chi connectivity index (χ4n) is 20.1. The van der Waals surface area contributed by atoms with Gasteiger partial charge in [0.15, 0.2) is 46.9 Å². The van der Waals surface area contributed by atoms with Crippen molar-refractivity contribution in [2.45, 2.75) is 167 Å². The van der Waals surface area contributed by atoms with Crippen LogP contribution >= 0.6 is 0 Å². The van der Waals surface area contributed by atoms with Crippen molar-refractivity contribution in [3.05, 3.63) is 156 Å². The first-order valence-electron chi connectivity index (χ1n) is 46.8. The number of aromatic hydroxyl groups is 7. The van der Waals surface area contributed by atoms with Gasteiger partial charge in [-0.1, -0.05) is 34.6 Å². The number of phenols is 6. The van der Waals surface area contributed by atoms with E-state index in [1.165, 1.54) is 81.4 Å². The average molecular weight is 1980 g/mol. The van der Waals surface area contributed by atoms with E-state index in [1.807, 2.05) is 20.8 Å². The molecule has 145 heavy (non-hydrogen) atoms. The maximum absolute atomic E-state index is 14.1. The first kappa shape index (κ1) is 102. The highest BCUT2D eigenvalue weighted by molar-refractivity contribution is 6.25. The lowest BCUT2D eigenvalue weighted by Gasteiger charge is -2.32. The quantitative estimate of drug-likeness (QED) is 0.0161. The fraction of sp³-hybridized carbons (Fsp3) is 0.333. The van der Waals surface area contributed by atoms with E-state index in [0.29, 0.717) is 129 Å². The molecule has 34 heteroatoms. The summed E-state index contributed by atoms with van der Waals surface area (Å²) in [7, 11) is 7.50. The molecule has 0 radical (unpaired) electrons. The first-order chi connectivity index (χ1) is 68.8. The van der Waals surface area contributed by atoms with Crippen LogP contribution in [0, 0.1) is 43.4 Å². The number of benzene rings is 12. The van der Waals surface area contributed by atoms with Crippen LogP contribution < -0.4 is 52.8 Å². The zero-order chi connectivity index (χ0) is 105. The number of methoxy groups -OCH3 is 5. The Morgan fingerprint density at radius 2 is 0.669 bits per heavy atom. The summed E-state index contributed by atoms with van der Waals surface area (Å²) in [6.45, 7) is 24.8. The highest BCUT2D eigenvalue weighted by Crippen LogP contribution is 2.60. The van der Waals surface area contributed by atoms with E-state index in [0.717, 1.165) is 12.1 Å². The molecule has 1 aromatic heterocycles. The number of fused-ring (bicyclic) bond motifs is 12. The molecule has 12 aromatic carbocycles. The fourth-order valence-corrected chi connectivity index (χ4v) is 20.1. The van der Waals surface area contributed by atoms with Gasteiger partial charge in [0.2, 0.25) is 0 Å². The third kappa shape index (κ3) is 17.0. The number of carbonyl (C=O) groups excluding carboxylic acids is 11. The Labute approximate surface area is 828 Å². The van der Waals surface area contributed by atoms with E-state index in [2.05, 4.69) is 0 Å². The maximum Gasteiger partial charge on any atom is 0.302 e. The Balaban J connectivity index is 0.000000159. The van der Waals surface area contributed by atoms with Crippen LogP contribution in [0.3, 0.4) is 0 Å². The van der Waals surface area contributed by atoms with Gasteiger partial charge in [0.25, 0.3) is 0 Å². The highest BCUT2D eigenvalue weighted by Gasteiger charge is 2.45. The van der Waals surface area contributed by atoms with E-state index < -0.39 is 106 Å². The van der Waals surface area contributed by atoms with Crippen molar-refractivity contribution in [2.75, 3.05) is 48.8 Å². The molecule has 0 saturated heterocycles. The number of ether oxygens (including phenoxy) is 14. The van der Waals surface area contributed by atoms with Crippen LogP contribution in [-0.4, -0.2) is 180 Å². The van der Waals surface area contributed by atoms with Crippen LogP contribution in [0.4, 0.5) is 0 Å². The second kappa shape index (κ2) is 39.1. The Morgan fingerprint density at radius 3 is 1.08 bits per heavy atom. The van der Waals surface area contributed by atoms with Crippen molar-refractivity contribution in [1.29, 1.82) is 0 Å². The second-order valence-electron chi connectivity index (χ2n) is 36.9. The van der Waals surface area contributed by atoms with Gasteiger partial charge >= 0.3 is 23.9 Å². The van der Waals surface area contributed by atoms with Crippen molar-refractivity contribution < 1.29 is 159 Å². The number of aryl methyl sites for hydroxylation is 1. The van der Waals surface area contributed by atoms with Gasteiger partial charge in [0.1, 0.15) is 175 Å². The SMILES string of the molecule is CC(=O)OCCc1cc(C=O)c(-c2c(C=O)cc(CCOC(C)=O)c3c(COC(C)=O)c4c(cc23)OC(C)C(C)C4=O)c2cc3c(c(COC(C)=O)c12)C(=O)C(C)C(C)O3.COc1cc(O)c2c(OC)c3c(cc2c1-c1c(OC)cc(OC)c2c(OC)c4c(cc12)OC(C)C(C)C4=O)OC(C)C(C)C3=O.Cc1oc2cc3c(-c4c(O)cc(O)c5c(O)c6c(cc45)OC(C)C(C)C6=O)c(=O)cc(O)c3c(O)c2c(O)c1C. The Hall–Kier alpha value is -16.4. The number of rotatable bonds is 20. The van der Waals surface area contributed by atoms with Crippen LogP contribution in [0.1, 0.15) is 203 Å². The number of esters is 4. The molecule has 0 saturated carbocycles. The molecular weight excluding hydrogens is 1880 g/mol. The van der Waals surface area contributed by atoms with E-state index in [9.17, 15) is 93.3 Å². The average Bonchev–Trinajstić information content (AvgIpc) is 0.716. The molecule has 7 N–H and O–H groups in total. The topological polar surface area (TPSA) is 489 Å². The summed E-state index contributed by atoms with van der Waals surface area (Å²) in [5.74, 6) is -6.30. The maximum atomic E-state index is 14.1.